The summed E-state index contributed by atoms with van der Waals surface area (Å²) in [5, 5.41) is 0. The van der Waals surface area contributed by atoms with Crippen LogP contribution in [0.1, 0.15) is 45.5 Å². The third-order valence-corrected chi connectivity index (χ3v) is 4.74. The normalized spacial score (nSPS) is 17.2. The summed E-state index contributed by atoms with van der Waals surface area (Å²) < 4.78 is 5.94. The number of carbonyl (C=O) groups excluding carboxylic acids is 2. The molecule has 1 saturated heterocycles. The molecule has 0 unspecified atom stereocenters. The molecule has 1 heterocycles. The van der Waals surface area contributed by atoms with Crippen LogP contribution >= 0.6 is 0 Å². The highest BCUT2D eigenvalue weighted by atomic mass is 16.5. The van der Waals surface area contributed by atoms with E-state index in [0.29, 0.717) is 23.5 Å². The maximum Gasteiger partial charge on any atom is 0.254 e. The second kappa shape index (κ2) is 7.97. The highest BCUT2D eigenvalue weighted by Crippen LogP contribution is 2.24. The molecular weight excluding hydrogens is 314 g/mol. The van der Waals surface area contributed by atoms with E-state index < -0.39 is 0 Å². The van der Waals surface area contributed by atoms with Crippen LogP contribution in [0.15, 0.2) is 48.5 Å². The third kappa shape index (κ3) is 3.90. The second-order valence-electron chi connectivity index (χ2n) is 6.43. The number of nitrogens with zero attached hydrogens (tertiary/aromatic N) is 1. The first-order chi connectivity index (χ1) is 12.2. The van der Waals surface area contributed by atoms with Gasteiger partial charge in [-0.3, -0.25) is 9.59 Å². The predicted molar refractivity (Wildman–Crippen MR) is 97.2 cm³/mol. The molecule has 130 valence electrons. The summed E-state index contributed by atoms with van der Waals surface area (Å²) >= 11 is 0. The summed E-state index contributed by atoms with van der Waals surface area (Å²) in [4.78, 5) is 26.0. The van der Waals surface area contributed by atoms with Crippen molar-refractivity contribution in [3.63, 3.8) is 0 Å². The molecule has 0 N–H and O–H groups in total. The second-order valence-corrected chi connectivity index (χ2v) is 6.43. The number of piperidine rings is 1. The van der Waals surface area contributed by atoms with Gasteiger partial charge in [-0.15, -0.1) is 0 Å². The largest absolute Gasteiger partial charge is 0.491 e. The van der Waals surface area contributed by atoms with Gasteiger partial charge in [-0.2, -0.15) is 0 Å². The minimum atomic E-state index is 0.0291. The molecule has 25 heavy (non-hydrogen) atoms. The number of aryl methyl sites for hydroxylation is 1. The summed E-state index contributed by atoms with van der Waals surface area (Å²) in [6.45, 7) is 3.04. The molecule has 1 amide bonds. The Kier molecular flexibility index (Phi) is 5.49. The first kappa shape index (κ1) is 17.2. The van der Waals surface area contributed by atoms with E-state index in [4.69, 9.17) is 4.74 Å². The van der Waals surface area contributed by atoms with Crippen molar-refractivity contribution in [2.75, 3.05) is 13.2 Å². The van der Waals surface area contributed by atoms with Crippen LogP contribution < -0.4 is 4.74 Å². The van der Waals surface area contributed by atoms with E-state index in [1.165, 1.54) is 0 Å². The zero-order valence-electron chi connectivity index (χ0n) is 14.5. The zero-order valence-corrected chi connectivity index (χ0v) is 14.5. The van der Waals surface area contributed by atoms with E-state index in [-0.39, 0.29) is 11.9 Å². The van der Waals surface area contributed by atoms with E-state index >= 15 is 0 Å². The monoisotopic (exact) mass is 337 g/mol. The van der Waals surface area contributed by atoms with Crippen molar-refractivity contribution in [2.24, 2.45) is 0 Å². The summed E-state index contributed by atoms with van der Waals surface area (Å²) in [6.07, 6.45) is 3.85. The highest BCUT2D eigenvalue weighted by molar-refractivity contribution is 5.94. The fourth-order valence-electron chi connectivity index (χ4n) is 3.30. The molecule has 0 spiro atoms. The van der Waals surface area contributed by atoms with E-state index in [1.807, 2.05) is 60.4 Å². The molecule has 0 aliphatic carbocycles. The Morgan fingerprint density at radius 3 is 2.72 bits per heavy atom. The lowest BCUT2D eigenvalue weighted by Crippen LogP contribution is -2.46. The molecular formula is C21H23NO3. The van der Waals surface area contributed by atoms with E-state index in [0.717, 1.165) is 37.7 Å². The Bertz CT molecular complexity index is 742. The maximum absolute atomic E-state index is 12.8. The van der Waals surface area contributed by atoms with Gasteiger partial charge in [-0.05, 0) is 49.9 Å². The van der Waals surface area contributed by atoms with Gasteiger partial charge in [0.25, 0.3) is 5.91 Å². The van der Waals surface area contributed by atoms with Gasteiger partial charge >= 0.3 is 0 Å². The Morgan fingerprint density at radius 1 is 1.16 bits per heavy atom. The van der Waals surface area contributed by atoms with Crippen molar-refractivity contribution in [1.82, 2.24) is 4.90 Å². The molecule has 1 atom stereocenters. The number of benzene rings is 2. The predicted octanol–water partition coefficient (Wildman–Crippen LogP) is 3.88. The van der Waals surface area contributed by atoms with Crippen molar-refractivity contribution in [3.8, 4) is 5.75 Å². The van der Waals surface area contributed by atoms with Crippen LogP contribution in [0.5, 0.6) is 5.75 Å². The fraction of sp³-hybridized carbons (Fsp3) is 0.333. The Morgan fingerprint density at radius 2 is 1.96 bits per heavy atom. The Balaban J connectivity index is 1.73. The Labute approximate surface area is 148 Å². The molecule has 4 heteroatoms. The van der Waals surface area contributed by atoms with Crippen molar-refractivity contribution in [2.45, 2.75) is 32.2 Å². The molecule has 1 aliphatic heterocycles. The SMILES string of the molecule is Cc1cccc(OC[C@@H]2CCCCN2C(=O)c2ccccc2)c1C=O. The van der Waals surface area contributed by atoms with Crippen molar-refractivity contribution < 1.29 is 14.3 Å². The van der Waals surface area contributed by atoms with E-state index in [2.05, 4.69) is 0 Å². The van der Waals surface area contributed by atoms with E-state index in [1.54, 1.807) is 0 Å². The summed E-state index contributed by atoms with van der Waals surface area (Å²) in [5.41, 5.74) is 2.19. The summed E-state index contributed by atoms with van der Waals surface area (Å²) in [6, 6.07) is 15.0. The first-order valence-electron chi connectivity index (χ1n) is 8.74. The zero-order chi connectivity index (χ0) is 17.6. The number of likely N-dealkylation sites (tertiary alicyclic amines) is 1. The number of aldehydes is 1. The fourth-order valence-corrected chi connectivity index (χ4v) is 3.30. The highest BCUT2D eigenvalue weighted by Gasteiger charge is 2.28. The molecule has 0 bridgehead atoms. The van der Waals surface area contributed by atoms with Crippen molar-refractivity contribution >= 4 is 12.2 Å². The molecule has 2 aromatic carbocycles. The van der Waals surface area contributed by atoms with Crippen LogP contribution in [-0.4, -0.2) is 36.3 Å². The topological polar surface area (TPSA) is 46.6 Å². The van der Waals surface area contributed by atoms with Gasteiger partial charge < -0.3 is 9.64 Å². The molecule has 1 fully saturated rings. The molecule has 2 aromatic rings. The van der Waals surface area contributed by atoms with Crippen LogP contribution in [0, 0.1) is 6.92 Å². The van der Waals surface area contributed by atoms with Gasteiger partial charge in [0.2, 0.25) is 0 Å². The molecule has 4 nitrogen and oxygen atoms in total. The number of ether oxygens (including phenoxy) is 1. The number of amides is 1. The number of rotatable bonds is 5. The van der Waals surface area contributed by atoms with Gasteiger partial charge in [0, 0.05) is 12.1 Å². The van der Waals surface area contributed by atoms with Crippen LogP contribution in [-0.2, 0) is 0 Å². The van der Waals surface area contributed by atoms with Gasteiger partial charge in [0.05, 0.1) is 11.6 Å². The lowest BCUT2D eigenvalue weighted by atomic mass is 10.0. The lowest BCUT2D eigenvalue weighted by molar-refractivity contribution is 0.0527. The van der Waals surface area contributed by atoms with Crippen LogP contribution in [0.3, 0.4) is 0 Å². The van der Waals surface area contributed by atoms with Crippen molar-refractivity contribution in [1.29, 1.82) is 0 Å². The summed E-state index contributed by atoms with van der Waals surface area (Å²) in [7, 11) is 0. The lowest BCUT2D eigenvalue weighted by Gasteiger charge is -2.35. The standard InChI is InChI=1S/C21H23NO3/c1-16-8-7-12-20(19(16)14-23)25-15-18-11-5-6-13-22(18)21(24)17-9-3-2-4-10-17/h2-4,7-10,12,14,18H,5-6,11,13,15H2,1H3/t18-/m0/s1. The van der Waals surface area contributed by atoms with Gasteiger partial charge in [-0.1, -0.05) is 30.3 Å². The number of carbonyl (C=O) groups is 2. The molecule has 0 saturated carbocycles. The quantitative estimate of drug-likeness (QED) is 0.778. The molecule has 3 rings (SSSR count). The van der Waals surface area contributed by atoms with Crippen molar-refractivity contribution in [3.05, 3.63) is 65.2 Å². The van der Waals surface area contributed by atoms with Gasteiger partial charge in [-0.25, -0.2) is 0 Å². The van der Waals surface area contributed by atoms with Gasteiger partial charge in [0.1, 0.15) is 12.4 Å². The van der Waals surface area contributed by atoms with Gasteiger partial charge in [0.15, 0.2) is 6.29 Å². The molecule has 0 aromatic heterocycles. The van der Waals surface area contributed by atoms with Crippen LogP contribution in [0.4, 0.5) is 0 Å². The minimum Gasteiger partial charge on any atom is -0.491 e. The summed E-state index contributed by atoms with van der Waals surface area (Å²) in [5.74, 6) is 0.640. The number of hydrogen-bond donors (Lipinski definition) is 0. The smallest absolute Gasteiger partial charge is 0.254 e. The number of hydrogen-bond acceptors (Lipinski definition) is 3. The average Bonchev–Trinajstić information content (AvgIpc) is 2.67. The Hall–Kier alpha value is -2.62. The minimum absolute atomic E-state index is 0.0291. The van der Waals surface area contributed by atoms with Crippen LogP contribution in [0.2, 0.25) is 0 Å². The average molecular weight is 337 g/mol. The molecule has 0 radical (unpaired) electrons. The maximum atomic E-state index is 12.8. The first-order valence-corrected chi connectivity index (χ1v) is 8.74. The van der Waals surface area contributed by atoms with E-state index in [9.17, 15) is 9.59 Å². The third-order valence-electron chi connectivity index (χ3n) is 4.74. The van der Waals surface area contributed by atoms with Crippen LogP contribution in [0.25, 0.3) is 0 Å². The molecule has 1 aliphatic rings.